The van der Waals surface area contributed by atoms with Gasteiger partial charge in [-0.25, -0.2) is 17.5 Å². The lowest BCUT2D eigenvalue weighted by Crippen LogP contribution is -2.51. The first-order valence-corrected chi connectivity index (χ1v) is 10.1. The van der Waals surface area contributed by atoms with Crippen molar-refractivity contribution in [3.63, 3.8) is 0 Å². The van der Waals surface area contributed by atoms with E-state index < -0.39 is 10.0 Å². The van der Waals surface area contributed by atoms with Crippen LogP contribution in [0.1, 0.15) is 6.92 Å². The van der Waals surface area contributed by atoms with E-state index >= 15 is 0 Å². The lowest BCUT2D eigenvalue weighted by atomic mass is 10.3. The van der Waals surface area contributed by atoms with Gasteiger partial charge >= 0.3 is 6.09 Å². The summed E-state index contributed by atoms with van der Waals surface area (Å²) in [6.07, 6.45) is -0.312. The molecule has 0 atom stereocenters. The molecule has 1 aliphatic rings. The molecular formula is C16H24N4O4S2. The Morgan fingerprint density at radius 1 is 1.23 bits per heavy atom. The number of anilines is 1. The van der Waals surface area contributed by atoms with E-state index in [1.807, 2.05) is 4.90 Å². The molecule has 0 spiro atoms. The Hall–Kier alpha value is -1.91. The zero-order valence-electron chi connectivity index (χ0n) is 15.1. The maximum atomic E-state index is 12.2. The van der Waals surface area contributed by atoms with Gasteiger partial charge in [0.2, 0.25) is 10.0 Å². The average molecular weight is 401 g/mol. The minimum atomic E-state index is -3.50. The van der Waals surface area contributed by atoms with Gasteiger partial charge < -0.3 is 19.9 Å². The molecule has 1 fully saturated rings. The van der Waals surface area contributed by atoms with Gasteiger partial charge in [0.25, 0.3) is 0 Å². The highest BCUT2D eigenvalue weighted by molar-refractivity contribution is 7.89. The van der Waals surface area contributed by atoms with Crippen LogP contribution in [-0.2, 0) is 14.8 Å². The van der Waals surface area contributed by atoms with Gasteiger partial charge in [0.15, 0.2) is 5.11 Å². The molecule has 0 saturated carbocycles. The van der Waals surface area contributed by atoms with E-state index in [1.165, 1.54) is 18.4 Å². The number of carbonyl (C=O) groups excluding carboxylic acids is 1. The maximum Gasteiger partial charge on any atom is 0.409 e. The van der Waals surface area contributed by atoms with Crippen LogP contribution in [0.25, 0.3) is 0 Å². The third-order valence-electron chi connectivity index (χ3n) is 3.96. The van der Waals surface area contributed by atoms with Gasteiger partial charge in [-0.2, -0.15) is 0 Å². The molecule has 8 nitrogen and oxygen atoms in total. The molecule has 0 bridgehead atoms. The van der Waals surface area contributed by atoms with Gasteiger partial charge in [0.05, 0.1) is 11.5 Å². The highest BCUT2D eigenvalue weighted by Crippen LogP contribution is 2.18. The number of nitrogens with zero attached hydrogens (tertiary/aromatic N) is 3. The Morgan fingerprint density at radius 2 is 1.85 bits per heavy atom. The number of thiocarbonyl (C=S) groups is 1. The standard InChI is InChI=1S/C16H24N4O4S2/c1-4-24-16(21)20-10-8-19(9-11-20)15(25)17-13-6-5-7-14(12-13)26(22,23)18(2)3/h5-7,12H,4,8-11H2,1-3H3,(H,17,25). The Balaban J connectivity index is 1.98. The van der Waals surface area contributed by atoms with E-state index in [4.69, 9.17) is 17.0 Å². The van der Waals surface area contributed by atoms with E-state index in [1.54, 1.807) is 36.1 Å². The molecule has 0 aromatic heterocycles. The second kappa shape index (κ2) is 8.65. The van der Waals surface area contributed by atoms with Gasteiger partial charge in [-0.15, -0.1) is 0 Å². The van der Waals surface area contributed by atoms with Crippen molar-refractivity contribution in [1.29, 1.82) is 0 Å². The minimum absolute atomic E-state index is 0.197. The SMILES string of the molecule is CCOC(=O)N1CCN(C(=S)Nc2cccc(S(=O)(=O)N(C)C)c2)CC1. The fourth-order valence-electron chi connectivity index (χ4n) is 2.45. The van der Waals surface area contributed by atoms with Crippen LogP contribution < -0.4 is 5.32 Å². The average Bonchev–Trinajstić information content (AvgIpc) is 2.62. The number of sulfonamides is 1. The van der Waals surface area contributed by atoms with E-state index in [2.05, 4.69) is 5.32 Å². The first-order chi connectivity index (χ1) is 12.3. The first kappa shape index (κ1) is 20.4. The molecule has 1 heterocycles. The van der Waals surface area contributed by atoms with Crippen LogP contribution in [0.2, 0.25) is 0 Å². The summed E-state index contributed by atoms with van der Waals surface area (Å²) in [5.74, 6) is 0. The van der Waals surface area contributed by atoms with Crippen LogP contribution in [0.5, 0.6) is 0 Å². The van der Waals surface area contributed by atoms with Gasteiger partial charge in [-0.1, -0.05) is 6.07 Å². The van der Waals surface area contributed by atoms with Gasteiger partial charge in [0.1, 0.15) is 0 Å². The summed E-state index contributed by atoms with van der Waals surface area (Å²) in [6, 6.07) is 6.52. The lowest BCUT2D eigenvalue weighted by Gasteiger charge is -2.35. The number of carbonyl (C=O) groups is 1. The fraction of sp³-hybridized carbons (Fsp3) is 0.500. The Labute approximate surface area is 159 Å². The normalized spacial score (nSPS) is 15.1. The number of rotatable bonds is 4. The number of hydrogen-bond donors (Lipinski definition) is 1. The predicted molar refractivity (Wildman–Crippen MR) is 104 cm³/mol. The summed E-state index contributed by atoms with van der Waals surface area (Å²) in [7, 11) is -0.526. The summed E-state index contributed by atoms with van der Waals surface area (Å²) >= 11 is 5.42. The molecule has 1 saturated heterocycles. The third-order valence-corrected chi connectivity index (χ3v) is 6.13. The number of benzene rings is 1. The van der Waals surface area contributed by atoms with Crippen molar-refractivity contribution in [1.82, 2.24) is 14.1 Å². The molecule has 26 heavy (non-hydrogen) atoms. The zero-order chi connectivity index (χ0) is 19.3. The van der Waals surface area contributed by atoms with Crippen molar-refractivity contribution in [2.24, 2.45) is 0 Å². The van der Waals surface area contributed by atoms with Crippen molar-refractivity contribution < 1.29 is 17.9 Å². The lowest BCUT2D eigenvalue weighted by molar-refractivity contribution is 0.0923. The Kier molecular flexibility index (Phi) is 6.79. The molecule has 0 radical (unpaired) electrons. The third kappa shape index (κ3) is 4.83. The van der Waals surface area contributed by atoms with Crippen molar-refractivity contribution in [2.45, 2.75) is 11.8 Å². The van der Waals surface area contributed by atoms with Crippen molar-refractivity contribution in [2.75, 3.05) is 52.2 Å². The van der Waals surface area contributed by atoms with Gasteiger partial charge in [-0.05, 0) is 37.3 Å². The Morgan fingerprint density at radius 3 is 2.42 bits per heavy atom. The van der Waals surface area contributed by atoms with Crippen molar-refractivity contribution >= 4 is 39.1 Å². The molecule has 1 amide bonds. The highest BCUT2D eigenvalue weighted by atomic mass is 32.2. The topological polar surface area (TPSA) is 82.2 Å². The first-order valence-electron chi connectivity index (χ1n) is 8.26. The summed E-state index contributed by atoms with van der Waals surface area (Å²) in [4.78, 5) is 15.5. The predicted octanol–water partition coefficient (Wildman–Crippen LogP) is 1.41. The van der Waals surface area contributed by atoms with Crippen LogP contribution in [0.4, 0.5) is 10.5 Å². The summed E-state index contributed by atoms with van der Waals surface area (Å²) in [5.41, 5.74) is 0.603. The highest BCUT2D eigenvalue weighted by Gasteiger charge is 2.23. The summed E-state index contributed by atoms with van der Waals surface area (Å²) < 4.78 is 30.6. The molecule has 144 valence electrons. The van der Waals surface area contributed by atoms with Crippen LogP contribution in [0.3, 0.4) is 0 Å². The molecule has 10 heteroatoms. The molecule has 0 aliphatic carbocycles. The minimum Gasteiger partial charge on any atom is -0.450 e. The molecular weight excluding hydrogens is 376 g/mol. The second-order valence-electron chi connectivity index (χ2n) is 5.92. The van der Waals surface area contributed by atoms with Crippen molar-refractivity contribution in [3.05, 3.63) is 24.3 Å². The number of piperazine rings is 1. The monoisotopic (exact) mass is 400 g/mol. The second-order valence-corrected chi connectivity index (χ2v) is 8.46. The molecule has 1 N–H and O–H groups in total. The molecule has 1 aromatic carbocycles. The number of nitrogens with one attached hydrogen (secondary N) is 1. The van der Waals surface area contributed by atoms with Crippen LogP contribution in [0, 0.1) is 0 Å². The van der Waals surface area contributed by atoms with Crippen LogP contribution in [0.15, 0.2) is 29.2 Å². The van der Waals surface area contributed by atoms with E-state index in [9.17, 15) is 13.2 Å². The molecule has 1 aliphatic heterocycles. The summed E-state index contributed by atoms with van der Waals surface area (Å²) in [5, 5.41) is 3.57. The van der Waals surface area contributed by atoms with Crippen LogP contribution in [-0.4, -0.2) is 80.6 Å². The van der Waals surface area contributed by atoms with Crippen LogP contribution >= 0.6 is 12.2 Å². The number of ether oxygens (including phenoxy) is 1. The molecule has 0 unspecified atom stereocenters. The zero-order valence-corrected chi connectivity index (χ0v) is 16.8. The molecule has 2 rings (SSSR count). The van der Waals surface area contributed by atoms with E-state index in [0.29, 0.717) is 43.6 Å². The Bertz CT molecular complexity index is 759. The smallest absolute Gasteiger partial charge is 0.409 e. The van der Waals surface area contributed by atoms with Gasteiger partial charge in [-0.3, -0.25) is 0 Å². The van der Waals surface area contributed by atoms with E-state index in [-0.39, 0.29) is 11.0 Å². The number of hydrogen-bond acceptors (Lipinski definition) is 5. The summed E-state index contributed by atoms with van der Waals surface area (Å²) in [6.45, 7) is 4.34. The largest absolute Gasteiger partial charge is 0.450 e. The fourth-order valence-corrected chi connectivity index (χ4v) is 3.70. The molecule has 1 aromatic rings. The maximum absolute atomic E-state index is 12.2. The van der Waals surface area contributed by atoms with Crippen molar-refractivity contribution in [3.8, 4) is 0 Å². The number of amides is 1. The van der Waals surface area contributed by atoms with E-state index in [0.717, 1.165) is 0 Å². The van der Waals surface area contributed by atoms with Gasteiger partial charge in [0, 0.05) is 46.0 Å². The quantitative estimate of drug-likeness (QED) is 0.765.